The average molecular weight is 348 g/mol. The van der Waals surface area contributed by atoms with E-state index in [1.807, 2.05) is 4.90 Å². The molecule has 0 amide bonds. The zero-order chi connectivity index (χ0) is 17.9. The Balaban J connectivity index is 2.01. The van der Waals surface area contributed by atoms with Gasteiger partial charge in [0, 0.05) is 31.8 Å². The first-order chi connectivity index (χ1) is 11.9. The van der Waals surface area contributed by atoms with Gasteiger partial charge < -0.3 is 15.5 Å². The van der Waals surface area contributed by atoms with Crippen molar-refractivity contribution >= 4 is 16.6 Å². The highest BCUT2D eigenvalue weighted by Gasteiger charge is 2.32. The molecule has 2 N–H and O–H groups in total. The second-order valence-corrected chi connectivity index (χ2v) is 6.88. The fourth-order valence-electron chi connectivity index (χ4n) is 3.84. The molecular formula is C17H21FN4O3. The van der Waals surface area contributed by atoms with Crippen LogP contribution in [0.2, 0.25) is 0 Å². The second kappa shape index (κ2) is 5.59. The third-order valence-electron chi connectivity index (χ3n) is 5.27. The van der Waals surface area contributed by atoms with Gasteiger partial charge in [-0.2, -0.15) is 4.68 Å². The normalized spacial score (nSPS) is 20.6. The van der Waals surface area contributed by atoms with Gasteiger partial charge in [0.25, 0.3) is 5.56 Å². The van der Waals surface area contributed by atoms with Crippen LogP contribution in [0.25, 0.3) is 10.9 Å². The Morgan fingerprint density at radius 2 is 2.00 bits per heavy atom. The van der Waals surface area contributed by atoms with E-state index in [4.69, 9.17) is 10.6 Å². The smallest absolute Gasteiger partial charge is 0.350 e. The molecule has 1 unspecified atom stereocenters. The largest absolute Gasteiger partial charge is 0.380 e. The van der Waals surface area contributed by atoms with E-state index in [1.165, 1.54) is 6.07 Å². The van der Waals surface area contributed by atoms with Crippen LogP contribution >= 0.6 is 0 Å². The summed E-state index contributed by atoms with van der Waals surface area (Å²) in [5.41, 5.74) is 0.332. The Bertz CT molecular complexity index is 977. The number of fused-ring (bicyclic) bond motifs is 1. The molecule has 0 radical (unpaired) electrons. The maximum atomic E-state index is 14.9. The lowest BCUT2D eigenvalue weighted by molar-refractivity contribution is 0.121. The number of nitrogen functional groups attached to an aromatic ring is 1. The van der Waals surface area contributed by atoms with Gasteiger partial charge in [-0.25, -0.2) is 9.18 Å². The number of anilines is 1. The summed E-state index contributed by atoms with van der Waals surface area (Å²) >= 11 is 0. The molecule has 1 aromatic heterocycles. The van der Waals surface area contributed by atoms with E-state index in [0.717, 1.165) is 19.3 Å². The van der Waals surface area contributed by atoms with E-state index in [1.54, 1.807) is 18.6 Å². The number of aromatic nitrogens is 2. The van der Waals surface area contributed by atoms with Crippen molar-refractivity contribution in [3.63, 3.8) is 0 Å². The molecule has 1 aliphatic carbocycles. The van der Waals surface area contributed by atoms with Crippen LogP contribution < -0.4 is 22.0 Å². The Morgan fingerprint density at radius 1 is 1.28 bits per heavy atom. The summed E-state index contributed by atoms with van der Waals surface area (Å²) in [5.74, 6) is 5.16. The molecule has 2 aliphatic rings. The molecule has 1 aromatic carbocycles. The van der Waals surface area contributed by atoms with Gasteiger partial charge in [-0.05, 0) is 32.3 Å². The molecule has 1 saturated heterocycles. The predicted molar refractivity (Wildman–Crippen MR) is 93.2 cm³/mol. The van der Waals surface area contributed by atoms with E-state index < -0.39 is 17.1 Å². The average Bonchev–Trinajstić information content (AvgIpc) is 3.31. The maximum absolute atomic E-state index is 14.9. The van der Waals surface area contributed by atoms with Crippen LogP contribution in [0, 0.1) is 12.7 Å². The number of rotatable bonds is 3. The maximum Gasteiger partial charge on any atom is 0.350 e. The fraction of sp³-hybridized carbons (Fsp3) is 0.529. The molecule has 2 heterocycles. The summed E-state index contributed by atoms with van der Waals surface area (Å²) < 4.78 is 22.4. The first kappa shape index (κ1) is 16.1. The van der Waals surface area contributed by atoms with Gasteiger partial charge in [0.2, 0.25) is 0 Å². The monoisotopic (exact) mass is 348 g/mol. The lowest BCUT2D eigenvalue weighted by Gasteiger charge is -2.24. The van der Waals surface area contributed by atoms with Gasteiger partial charge in [0.1, 0.15) is 5.82 Å². The molecular weight excluding hydrogens is 327 g/mol. The molecule has 4 rings (SSSR count). The molecule has 0 bridgehead atoms. The van der Waals surface area contributed by atoms with Gasteiger partial charge in [-0.15, -0.1) is 0 Å². The zero-order valence-electron chi connectivity index (χ0n) is 14.3. The number of nitrogens with two attached hydrogens (primary N) is 1. The molecule has 8 heteroatoms. The van der Waals surface area contributed by atoms with Crippen molar-refractivity contribution in [3.05, 3.63) is 38.3 Å². The topological polar surface area (TPSA) is 82.5 Å². The quantitative estimate of drug-likeness (QED) is 0.833. The molecule has 1 saturated carbocycles. The zero-order valence-corrected chi connectivity index (χ0v) is 14.3. The van der Waals surface area contributed by atoms with Crippen molar-refractivity contribution in [1.82, 2.24) is 9.24 Å². The Kier molecular flexibility index (Phi) is 3.61. The van der Waals surface area contributed by atoms with Crippen LogP contribution in [-0.4, -0.2) is 35.5 Å². The minimum atomic E-state index is -0.665. The SMILES string of the molecule is COC1CCN(c2c(F)cc3c(=O)n(N)c(=O)n(C4CC4)c3c2C)C1. The molecule has 7 nitrogen and oxygen atoms in total. The van der Waals surface area contributed by atoms with Crippen LogP contribution in [0.5, 0.6) is 0 Å². The van der Waals surface area contributed by atoms with Crippen molar-refractivity contribution in [3.8, 4) is 0 Å². The van der Waals surface area contributed by atoms with Crippen LogP contribution in [0.3, 0.4) is 0 Å². The Hall–Kier alpha value is -2.35. The summed E-state index contributed by atoms with van der Waals surface area (Å²) in [6, 6.07) is 1.23. The fourth-order valence-corrected chi connectivity index (χ4v) is 3.84. The number of aryl methyl sites for hydroxylation is 1. The van der Waals surface area contributed by atoms with Gasteiger partial charge in [0.15, 0.2) is 0 Å². The highest BCUT2D eigenvalue weighted by atomic mass is 19.1. The van der Waals surface area contributed by atoms with Crippen molar-refractivity contribution in [2.75, 3.05) is 30.9 Å². The van der Waals surface area contributed by atoms with Gasteiger partial charge >= 0.3 is 5.69 Å². The number of halogens is 1. The summed E-state index contributed by atoms with van der Waals surface area (Å²) in [4.78, 5) is 26.9. The minimum absolute atomic E-state index is 0.0210. The van der Waals surface area contributed by atoms with Crippen molar-refractivity contribution in [2.45, 2.75) is 38.3 Å². The summed E-state index contributed by atoms with van der Waals surface area (Å²) in [6.07, 6.45) is 2.58. The van der Waals surface area contributed by atoms with E-state index in [2.05, 4.69) is 0 Å². The van der Waals surface area contributed by atoms with Crippen LogP contribution in [0.4, 0.5) is 10.1 Å². The number of methoxy groups -OCH3 is 1. The number of nitrogens with zero attached hydrogens (tertiary/aromatic N) is 3. The summed E-state index contributed by atoms with van der Waals surface area (Å²) in [6.45, 7) is 3.02. The molecule has 1 atom stereocenters. The van der Waals surface area contributed by atoms with Gasteiger partial charge in [-0.1, -0.05) is 0 Å². The molecule has 134 valence electrons. The highest BCUT2D eigenvalue weighted by molar-refractivity contribution is 5.87. The van der Waals surface area contributed by atoms with Crippen molar-refractivity contribution in [2.24, 2.45) is 0 Å². The Morgan fingerprint density at radius 3 is 2.60 bits per heavy atom. The third-order valence-corrected chi connectivity index (χ3v) is 5.27. The summed E-state index contributed by atoms with van der Waals surface area (Å²) in [5, 5.41) is 0.148. The van der Waals surface area contributed by atoms with Crippen LogP contribution in [-0.2, 0) is 4.74 Å². The molecule has 2 fully saturated rings. The van der Waals surface area contributed by atoms with E-state index >= 15 is 0 Å². The summed E-state index contributed by atoms with van der Waals surface area (Å²) in [7, 11) is 1.65. The second-order valence-electron chi connectivity index (χ2n) is 6.88. The van der Waals surface area contributed by atoms with E-state index in [-0.39, 0.29) is 17.5 Å². The first-order valence-corrected chi connectivity index (χ1v) is 8.47. The lowest BCUT2D eigenvalue weighted by Crippen LogP contribution is -2.44. The predicted octanol–water partition coefficient (Wildman–Crippen LogP) is 0.885. The van der Waals surface area contributed by atoms with Crippen molar-refractivity contribution < 1.29 is 9.13 Å². The molecule has 2 aromatic rings. The highest BCUT2D eigenvalue weighted by Crippen LogP contribution is 2.38. The van der Waals surface area contributed by atoms with E-state index in [0.29, 0.717) is 34.5 Å². The molecule has 25 heavy (non-hydrogen) atoms. The number of benzene rings is 1. The third kappa shape index (κ3) is 2.35. The number of hydrogen-bond acceptors (Lipinski definition) is 5. The van der Waals surface area contributed by atoms with Gasteiger partial charge in [0.05, 0.1) is 22.7 Å². The molecule has 0 spiro atoms. The van der Waals surface area contributed by atoms with Crippen molar-refractivity contribution in [1.29, 1.82) is 0 Å². The number of ether oxygens (including phenoxy) is 1. The minimum Gasteiger partial charge on any atom is -0.380 e. The van der Waals surface area contributed by atoms with Crippen LogP contribution in [0.15, 0.2) is 15.7 Å². The van der Waals surface area contributed by atoms with Gasteiger partial charge in [-0.3, -0.25) is 9.36 Å². The Labute approximate surface area is 143 Å². The number of hydrogen-bond donors (Lipinski definition) is 1. The first-order valence-electron chi connectivity index (χ1n) is 8.47. The standard InChI is InChI=1S/C17H21FN4O3/c1-9-14-12(16(23)22(19)17(24)21(14)10-3-4-10)7-13(18)15(9)20-6-5-11(8-20)25-2/h7,10-11H,3-6,8,19H2,1-2H3. The lowest BCUT2D eigenvalue weighted by atomic mass is 10.1. The molecule has 1 aliphatic heterocycles. The van der Waals surface area contributed by atoms with Crippen LogP contribution in [0.1, 0.15) is 30.9 Å². The van der Waals surface area contributed by atoms with E-state index in [9.17, 15) is 14.0 Å².